The van der Waals surface area contributed by atoms with E-state index in [9.17, 15) is 24.4 Å². The zero-order valence-electron chi connectivity index (χ0n) is 20.1. The maximum Gasteiger partial charge on any atom is 0.351 e. The predicted molar refractivity (Wildman–Crippen MR) is 130 cm³/mol. The SMILES string of the molecule is CP(=O)(OC[C@H]1O[C@@H](n2cnc3c(=O)[nH]c(N)nc32)CC1O)OC1C[C@H](n2ccc(N)nc2=O)O[C@@H]1CO. The van der Waals surface area contributed by atoms with Gasteiger partial charge >= 0.3 is 13.3 Å². The summed E-state index contributed by atoms with van der Waals surface area (Å²) in [4.78, 5) is 38.3. The van der Waals surface area contributed by atoms with Crippen LogP contribution in [0.1, 0.15) is 25.3 Å². The van der Waals surface area contributed by atoms with E-state index in [2.05, 4.69) is 19.9 Å². The van der Waals surface area contributed by atoms with Gasteiger partial charge in [0.1, 0.15) is 30.5 Å². The average molecular weight is 554 g/mol. The molecular formula is C20H27N8O9P. The fourth-order valence-corrected chi connectivity index (χ4v) is 5.66. The molecule has 17 nitrogen and oxygen atoms in total. The highest BCUT2D eigenvalue weighted by atomic mass is 31.2. The Bertz CT molecular complexity index is 1490. The number of imidazole rings is 1. The summed E-state index contributed by atoms with van der Waals surface area (Å²) >= 11 is 0. The minimum Gasteiger partial charge on any atom is -0.394 e. The van der Waals surface area contributed by atoms with Crippen molar-refractivity contribution in [3.63, 3.8) is 0 Å². The highest BCUT2D eigenvalue weighted by molar-refractivity contribution is 7.53. The summed E-state index contributed by atoms with van der Waals surface area (Å²) in [7, 11) is -3.74. The van der Waals surface area contributed by atoms with Gasteiger partial charge in [-0.3, -0.25) is 23.5 Å². The molecule has 0 aliphatic carbocycles. The predicted octanol–water partition coefficient (Wildman–Crippen LogP) is -1.31. The van der Waals surface area contributed by atoms with Crippen LogP contribution in [0.15, 0.2) is 28.2 Å². The summed E-state index contributed by atoms with van der Waals surface area (Å²) in [5.74, 6) is -0.0420. The van der Waals surface area contributed by atoms with E-state index < -0.39 is 62.3 Å². The number of hydrogen-bond acceptors (Lipinski definition) is 14. The second-order valence-corrected chi connectivity index (χ2v) is 11.0. The smallest absolute Gasteiger partial charge is 0.351 e. The van der Waals surface area contributed by atoms with E-state index in [-0.39, 0.29) is 42.4 Å². The normalized spacial score (nSPS) is 29.1. The van der Waals surface area contributed by atoms with Crippen LogP contribution in [0.4, 0.5) is 11.8 Å². The maximum absolute atomic E-state index is 13.1. The van der Waals surface area contributed by atoms with Crippen molar-refractivity contribution in [3.8, 4) is 0 Å². The van der Waals surface area contributed by atoms with E-state index in [1.807, 2.05) is 0 Å². The standard InChI is InChI=1S/C20H27N8O9P/c1-38(33,37-10-5-15(35-11(10)6-29)27-3-2-13(21)24-20(27)32)34-7-12-9(30)4-14(36-12)28-8-23-16-17(28)25-19(22)26-18(16)31/h2-3,8-12,14-15,29-30H,4-7H2,1H3,(H2,21,24,32)(H3,22,25,26,31)/t9?,10?,11-,12-,14-,15-,38?/m1/s1. The van der Waals surface area contributed by atoms with Gasteiger partial charge in [-0.1, -0.05) is 0 Å². The Morgan fingerprint density at radius 2 is 1.92 bits per heavy atom. The number of rotatable bonds is 8. The second-order valence-electron chi connectivity index (χ2n) is 9.01. The van der Waals surface area contributed by atoms with Crippen molar-refractivity contribution >= 4 is 30.5 Å². The number of nitrogens with two attached hydrogens (primary N) is 2. The van der Waals surface area contributed by atoms with Gasteiger partial charge in [0.2, 0.25) is 5.95 Å². The van der Waals surface area contributed by atoms with Crippen LogP contribution in [-0.2, 0) is 23.1 Å². The lowest BCUT2D eigenvalue weighted by Gasteiger charge is -2.23. The van der Waals surface area contributed by atoms with Crippen LogP contribution in [0.5, 0.6) is 0 Å². The van der Waals surface area contributed by atoms with Crippen molar-refractivity contribution < 1.29 is 33.3 Å². The van der Waals surface area contributed by atoms with Crippen molar-refractivity contribution in [1.29, 1.82) is 0 Å². The zero-order valence-corrected chi connectivity index (χ0v) is 21.0. The molecule has 0 spiro atoms. The Morgan fingerprint density at radius 1 is 1.18 bits per heavy atom. The Labute approximate surface area is 213 Å². The Balaban J connectivity index is 1.22. The molecule has 3 aromatic heterocycles. The largest absolute Gasteiger partial charge is 0.394 e. The van der Waals surface area contributed by atoms with Gasteiger partial charge in [-0.05, 0) is 6.07 Å². The lowest BCUT2D eigenvalue weighted by molar-refractivity contribution is -0.0509. The zero-order chi connectivity index (χ0) is 27.2. The van der Waals surface area contributed by atoms with Crippen LogP contribution < -0.4 is 22.7 Å². The average Bonchev–Trinajstić information content (AvgIpc) is 3.54. The highest BCUT2D eigenvalue weighted by Gasteiger charge is 2.42. The number of aliphatic hydroxyl groups is 2. The minimum absolute atomic E-state index is 0.0519. The first-order valence-electron chi connectivity index (χ1n) is 11.6. The summed E-state index contributed by atoms with van der Waals surface area (Å²) < 4.78 is 38.5. The molecule has 5 heterocycles. The van der Waals surface area contributed by atoms with Crippen molar-refractivity contribution in [2.45, 2.75) is 49.7 Å². The van der Waals surface area contributed by atoms with E-state index in [0.29, 0.717) is 0 Å². The van der Waals surface area contributed by atoms with Crippen LogP contribution in [0.2, 0.25) is 0 Å². The number of H-pyrrole nitrogens is 1. The van der Waals surface area contributed by atoms with Gasteiger partial charge in [0, 0.05) is 25.7 Å². The van der Waals surface area contributed by atoms with E-state index in [0.717, 1.165) is 0 Å². The van der Waals surface area contributed by atoms with Crippen LogP contribution in [0.3, 0.4) is 0 Å². The summed E-state index contributed by atoms with van der Waals surface area (Å²) in [5.41, 5.74) is 10.3. The third kappa shape index (κ3) is 5.22. The van der Waals surface area contributed by atoms with Gasteiger partial charge in [0.25, 0.3) is 5.56 Å². The molecule has 0 aromatic carbocycles. The molecule has 7 N–H and O–H groups in total. The number of aromatic nitrogens is 6. The quantitative estimate of drug-likeness (QED) is 0.203. The number of fused-ring (bicyclic) bond motifs is 1. The Kier molecular flexibility index (Phi) is 7.08. The molecule has 2 aliphatic heterocycles. The lowest BCUT2D eigenvalue weighted by Crippen LogP contribution is -2.29. The number of nitrogen functional groups attached to an aromatic ring is 2. The van der Waals surface area contributed by atoms with E-state index >= 15 is 0 Å². The number of aliphatic hydroxyl groups excluding tert-OH is 2. The molecule has 2 saturated heterocycles. The number of nitrogens with one attached hydrogen (secondary N) is 1. The van der Waals surface area contributed by atoms with Crippen LogP contribution in [0, 0.1) is 0 Å². The van der Waals surface area contributed by atoms with E-state index in [1.54, 1.807) is 0 Å². The first kappa shape index (κ1) is 26.4. The van der Waals surface area contributed by atoms with Crippen molar-refractivity contribution in [3.05, 3.63) is 39.4 Å². The summed E-state index contributed by atoms with van der Waals surface area (Å²) in [6, 6.07) is 1.43. The van der Waals surface area contributed by atoms with Gasteiger partial charge in [0.05, 0.1) is 31.7 Å². The molecule has 2 aliphatic rings. The minimum atomic E-state index is -3.74. The Morgan fingerprint density at radius 3 is 2.66 bits per heavy atom. The number of anilines is 2. The first-order valence-corrected chi connectivity index (χ1v) is 13.6. The van der Waals surface area contributed by atoms with Gasteiger partial charge in [-0.2, -0.15) is 9.97 Å². The second kappa shape index (κ2) is 10.2. The molecule has 3 unspecified atom stereocenters. The molecule has 5 rings (SSSR count). The molecule has 2 fully saturated rings. The number of aromatic amines is 1. The molecule has 206 valence electrons. The van der Waals surface area contributed by atoms with Crippen molar-refractivity contribution in [2.24, 2.45) is 0 Å². The third-order valence-corrected chi connectivity index (χ3v) is 7.56. The third-order valence-electron chi connectivity index (χ3n) is 6.29. The fourth-order valence-electron chi connectivity index (χ4n) is 4.47. The molecule has 0 amide bonds. The summed E-state index contributed by atoms with van der Waals surface area (Å²) in [6.45, 7) is 0.508. The van der Waals surface area contributed by atoms with Gasteiger partial charge < -0.3 is 40.2 Å². The maximum atomic E-state index is 13.1. The molecule has 0 radical (unpaired) electrons. The topological polar surface area (TPSA) is 245 Å². The molecule has 7 atom stereocenters. The molecule has 38 heavy (non-hydrogen) atoms. The monoisotopic (exact) mass is 554 g/mol. The van der Waals surface area contributed by atoms with Gasteiger partial charge in [-0.25, -0.2) is 9.78 Å². The number of nitrogens with zero attached hydrogens (tertiary/aromatic N) is 5. The number of ether oxygens (including phenoxy) is 2. The van der Waals surface area contributed by atoms with E-state index in [4.69, 9.17) is 30.0 Å². The Hall–Kier alpha value is -3.18. The molecule has 3 aromatic rings. The molecule has 0 bridgehead atoms. The van der Waals surface area contributed by atoms with Crippen LogP contribution in [0.25, 0.3) is 11.2 Å². The highest BCUT2D eigenvalue weighted by Crippen LogP contribution is 2.49. The van der Waals surface area contributed by atoms with Gasteiger partial charge in [-0.15, -0.1) is 0 Å². The van der Waals surface area contributed by atoms with Crippen molar-refractivity contribution in [1.82, 2.24) is 29.1 Å². The summed E-state index contributed by atoms with van der Waals surface area (Å²) in [6.07, 6.45) is -2.19. The van der Waals surface area contributed by atoms with E-state index in [1.165, 1.54) is 34.4 Å². The molecule has 18 heteroatoms. The van der Waals surface area contributed by atoms with Gasteiger partial charge in [0.15, 0.2) is 11.2 Å². The molecule has 0 saturated carbocycles. The van der Waals surface area contributed by atoms with Crippen molar-refractivity contribution in [2.75, 3.05) is 31.3 Å². The fraction of sp³-hybridized carbons (Fsp3) is 0.550. The van der Waals surface area contributed by atoms with Crippen LogP contribution >= 0.6 is 7.60 Å². The first-order chi connectivity index (χ1) is 18.0. The molecular weight excluding hydrogens is 527 g/mol. The summed E-state index contributed by atoms with van der Waals surface area (Å²) in [5, 5.41) is 20.2. The lowest BCUT2D eigenvalue weighted by atomic mass is 10.2. The number of hydrogen-bond donors (Lipinski definition) is 5. The van der Waals surface area contributed by atoms with Crippen LogP contribution in [-0.4, -0.2) is 83.6 Å².